The fourth-order valence-corrected chi connectivity index (χ4v) is 1.95. The molecule has 90 valence electrons. The van der Waals surface area contributed by atoms with Crippen LogP contribution in [0.2, 0.25) is 0 Å². The Labute approximate surface area is 99.0 Å². The number of amides is 1. The van der Waals surface area contributed by atoms with Gasteiger partial charge in [0.05, 0.1) is 5.56 Å². The summed E-state index contributed by atoms with van der Waals surface area (Å²) in [5.74, 6) is -0.616. The Balaban J connectivity index is 2.60. The predicted octanol–water partition coefficient (Wildman–Crippen LogP) is 2.75. The zero-order chi connectivity index (χ0) is 12.6. The van der Waals surface area contributed by atoms with Crippen LogP contribution in [0.25, 0.3) is 10.9 Å². The molecular weight excluding hydrogens is 219 g/mol. The summed E-state index contributed by atoms with van der Waals surface area (Å²) in [4.78, 5) is 15.0. The Morgan fingerprint density at radius 2 is 2.12 bits per heavy atom. The molecule has 0 aliphatic heterocycles. The minimum Gasteiger partial charge on any atom is -0.358 e. The molecular formula is C13H15FN2O. The summed E-state index contributed by atoms with van der Waals surface area (Å²) in [5, 5.41) is 3.14. The molecule has 0 aliphatic rings. The van der Waals surface area contributed by atoms with E-state index in [9.17, 15) is 9.18 Å². The molecule has 17 heavy (non-hydrogen) atoms. The number of carbonyl (C=O) groups excluding carboxylic acids is 1. The number of carbonyl (C=O) groups is 1. The first-order valence-electron chi connectivity index (χ1n) is 5.58. The van der Waals surface area contributed by atoms with Gasteiger partial charge in [-0.2, -0.15) is 0 Å². The molecule has 1 aromatic heterocycles. The van der Waals surface area contributed by atoms with Gasteiger partial charge < -0.3 is 10.3 Å². The minimum atomic E-state index is -0.374. The maximum atomic E-state index is 13.8. The maximum absolute atomic E-state index is 13.8. The van der Waals surface area contributed by atoms with Gasteiger partial charge in [0, 0.05) is 22.6 Å². The molecule has 0 radical (unpaired) electrons. The van der Waals surface area contributed by atoms with Gasteiger partial charge in [-0.1, -0.05) is 6.07 Å². The van der Waals surface area contributed by atoms with Gasteiger partial charge in [-0.05, 0) is 32.9 Å². The Hall–Kier alpha value is -1.84. The van der Waals surface area contributed by atoms with Gasteiger partial charge in [-0.15, -0.1) is 0 Å². The molecule has 0 aliphatic carbocycles. The number of benzene rings is 1. The van der Waals surface area contributed by atoms with Crippen LogP contribution >= 0.6 is 0 Å². The van der Waals surface area contributed by atoms with Crippen molar-refractivity contribution in [1.29, 1.82) is 0 Å². The largest absolute Gasteiger partial charge is 0.358 e. The summed E-state index contributed by atoms with van der Waals surface area (Å²) >= 11 is 0. The van der Waals surface area contributed by atoms with Crippen LogP contribution in [0, 0.1) is 12.7 Å². The fourth-order valence-electron chi connectivity index (χ4n) is 1.95. The Morgan fingerprint density at radius 1 is 1.41 bits per heavy atom. The van der Waals surface area contributed by atoms with E-state index in [4.69, 9.17) is 0 Å². The van der Waals surface area contributed by atoms with Crippen LogP contribution in [-0.2, 0) is 0 Å². The molecule has 2 N–H and O–H groups in total. The van der Waals surface area contributed by atoms with Crippen molar-refractivity contribution in [1.82, 2.24) is 10.3 Å². The summed E-state index contributed by atoms with van der Waals surface area (Å²) in [6.07, 6.45) is 0. The smallest absolute Gasteiger partial charge is 0.254 e. The first-order valence-corrected chi connectivity index (χ1v) is 5.58. The third-order valence-corrected chi connectivity index (χ3v) is 2.61. The van der Waals surface area contributed by atoms with Crippen molar-refractivity contribution < 1.29 is 9.18 Å². The average Bonchev–Trinajstić information content (AvgIpc) is 2.54. The van der Waals surface area contributed by atoms with E-state index in [-0.39, 0.29) is 17.8 Å². The zero-order valence-electron chi connectivity index (χ0n) is 10.1. The van der Waals surface area contributed by atoms with Crippen molar-refractivity contribution in [2.24, 2.45) is 0 Å². The van der Waals surface area contributed by atoms with E-state index in [1.54, 1.807) is 19.1 Å². The Kier molecular flexibility index (Phi) is 2.88. The van der Waals surface area contributed by atoms with Crippen LogP contribution in [0.4, 0.5) is 4.39 Å². The summed E-state index contributed by atoms with van der Waals surface area (Å²) in [7, 11) is 0. The third kappa shape index (κ3) is 2.02. The van der Waals surface area contributed by atoms with Crippen molar-refractivity contribution in [3.63, 3.8) is 0 Å². The van der Waals surface area contributed by atoms with E-state index in [2.05, 4.69) is 10.3 Å². The molecule has 3 nitrogen and oxygen atoms in total. The third-order valence-electron chi connectivity index (χ3n) is 2.61. The number of hydrogen-bond donors (Lipinski definition) is 2. The fraction of sp³-hybridized carbons (Fsp3) is 0.308. The molecule has 4 heteroatoms. The molecule has 0 bridgehead atoms. The van der Waals surface area contributed by atoms with Crippen molar-refractivity contribution in [3.8, 4) is 0 Å². The number of aryl methyl sites for hydroxylation is 1. The predicted molar refractivity (Wildman–Crippen MR) is 65.6 cm³/mol. The summed E-state index contributed by atoms with van der Waals surface area (Å²) in [6, 6.07) is 4.77. The highest BCUT2D eigenvalue weighted by atomic mass is 19.1. The van der Waals surface area contributed by atoms with E-state index < -0.39 is 0 Å². The molecule has 2 rings (SSSR count). The van der Waals surface area contributed by atoms with E-state index >= 15 is 0 Å². The highest BCUT2D eigenvalue weighted by molar-refractivity contribution is 6.08. The molecule has 2 aromatic rings. The Bertz CT molecular complexity index is 572. The lowest BCUT2D eigenvalue weighted by Gasteiger charge is -2.08. The highest BCUT2D eigenvalue weighted by Gasteiger charge is 2.18. The zero-order valence-corrected chi connectivity index (χ0v) is 10.1. The van der Waals surface area contributed by atoms with E-state index in [1.165, 1.54) is 6.07 Å². The monoisotopic (exact) mass is 234 g/mol. The van der Waals surface area contributed by atoms with Gasteiger partial charge in [0.2, 0.25) is 0 Å². The number of halogens is 1. The Morgan fingerprint density at radius 3 is 2.76 bits per heavy atom. The van der Waals surface area contributed by atoms with Crippen LogP contribution in [0.1, 0.15) is 29.9 Å². The van der Waals surface area contributed by atoms with Crippen LogP contribution in [0.3, 0.4) is 0 Å². The molecule has 1 amide bonds. The van der Waals surface area contributed by atoms with Crippen molar-refractivity contribution >= 4 is 16.8 Å². The first kappa shape index (κ1) is 11.6. The van der Waals surface area contributed by atoms with E-state index in [0.717, 1.165) is 0 Å². The molecule has 0 unspecified atom stereocenters. The van der Waals surface area contributed by atoms with Crippen LogP contribution in [0.15, 0.2) is 18.2 Å². The van der Waals surface area contributed by atoms with Gasteiger partial charge in [0.1, 0.15) is 5.82 Å². The topological polar surface area (TPSA) is 44.9 Å². The highest BCUT2D eigenvalue weighted by Crippen LogP contribution is 2.24. The molecule has 0 atom stereocenters. The van der Waals surface area contributed by atoms with Gasteiger partial charge >= 0.3 is 0 Å². The summed E-state index contributed by atoms with van der Waals surface area (Å²) < 4.78 is 13.8. The summed E-state index contributed by atoms with van der Waals surface area (Å²) in [5.41, 5.74) is 1.73. The number of nitrogens with one attached hydrogen (secondary N) is 2. The van der Waals surface area contributed by atoms with Crippen molar-refractivity contribution in [2.75, 3.05) is 0 Å². The van der Waals surface area contributed by atoms with Gasteiger partial charge in [0.15, 0.2) is 0 Å². The van der Waals surface area contributed by atoms with Crippen LogP contribution in [0.5, 0.6) is 0 Å². The number of hydrogen-bond acceptors (Lipinski definition) is 1. The van der Waals surface area contributed by atoms with Crippen molar-refractivity contribution in [2.45, 2.75) is 26.8 Å². The maximum Gasteiger partial charge on any atom is 0.254 e. The minimum absolute atomic E-state index is 0.0265. The van der Waals surface area contributed by atoms with Gasteiger partial charge in [0.25, 0.3) is 5.91 Å². The second kappa shape index (κ2) is 4.20. The standard InChI is InChI=1S/C13H15FN2O/c1-7(2)15-13(17)11-8(3)16-10-6-4-5-9(14)12(10)11/h4-7,16H,1-3H3,(H,15,17). The number of aromatic nitrogens is 1. The lowest BCUT2D eigenvalue weighted by molar-refractivity contribution is 0.0944. The second-order valence-electron chi connectivity index (χ2n) is 4.42. The number of fused-ring (bicyclic) bond motifs is 1. The van der Waals surface area contributed by atoms with Gasteiger partial charge in [-0.25, -0.2) is 4.39 Å². The first-order chi connectivity index (χ1) is 8.00. The lowest BCUT2D eigenvalue weighted by atomic mass is 10.1. The SMILES string of the molecule is Cc1[nH]c2cccc(F)c2c1C(=O)NC(C)C. The second-order valence-corrected chi connectivity index (χ2v) is 4.42. The van der Waals surface area contributed by atoms with Crippen molar-refractivity contribution in [3.05, 3.63) is 35.3 Å². The van der Waals surface area contributed by atoms with E-state index in [0.29, 0.717) is 22.2 Å². The molecule has 1 aromatic carbocycles. The lowest BCUT2D eigenvalue weighted by Crippen LogP contribution is -2.30. The molecule has 0 saturated heterocycles. The number of H-pyrrole nitrogens is 1. The normalized spacial score (nSPS) is 11.1. The van der Waals surface area contributed by atoms with Crippen LogP contribution in [-0.4, -0.2) is 16.9 Å². The molecule has 0 saturated carbocycles. The summed E-state index contributed by atoms with van der Waals surface area (Å²) in [6.45, 7) is 5.52. The van der Waals surface area contributed by atoms with Gasteiger partial charge in [-0.3, -0.25) is 4.79 Å². The number of aromatic amines is 1. The quantitative estimate of drug-likeness (QED) is 0.824. The molecule has 1 heterocycles. The molecule has 0 fully saturated rings. The van der Waals surface area contributed by atoms with Crippen LogP contribution < -0.4 is 5.32 Å². The number of rotatable bonds is 2. The molecule has 0 spiro atoms. The average molecular weight is 234 g/mol. The van der Waals surface area contributed by atoms with E-state index in [1.807, 2.05) is 13.8 Å².